The SMILES string of the molecule is CC(Cl)=CCC1CC[C@H]2C3=C1CC=C1C=CCCC1N3C1=CC=NC[C@@H]12. The highest BCUT2D eigenvalue weighted by Gasteiger charge is 2.49. The highest BCUT2D eigenvalue weighted by atomic mass is 35.5. The Balaban J connectivity index is 1.63. The van der Waals surface area contributed by atoms with Crippen molar-refractivity contribution in [2.45, 2.75) is 51.5 Å². The molecule has 0 N–H and O–H groups in total. The summed E-state index contributed by atoms with van der Waals surface area (Å²) in [4.78, 5) is 7.38. The van der Waals surface area contributed by atoms with Crippen LogP contribution in [0.4, 0.5) is 0 Å². The van der Waals surface area contributed by atoms with Crippen LogP contribution in [0.1, 0.15) is 45.4 Å². The van der Waals surface area contributed by atoms with E-state index in [1.165, 1.54) is 37.0 Å². The third-order valence-corrected chi connectivity index (χ3v) is 7.06. The highest BCUT2D eigenvalue weighted by Crippen LogP contribution is 2.55. The van der Waals surface area contributed by atoms with E-state index < -0.39 is 0 Å². The molecule has 5 rings (SSSR count). The summed E-state index contributed by atoms with van der Waals surface area (Å²) in [6.45, 7) is 2.97. The molecule has 4 atom stereocenters. The molecule has 0 amide bonds. The van der Waals surface area contributed by atoms with Gasteiger partial charge in [-0.05, 0) is 68.6 Å². The molecule has 0 radical (unpaired) electrons. The number of allylic oxidation sites excluding steroid dienone is 7. The monoisotopic (exact) mass is 366 g/mol. The smallest absolute Gasteiger partial charge is 0.0585 e. The summed E-state index contributed by atoms with van der Waals surface area (Å²) in [6.07, 6.45) is 21.0. The zero-order chi connectivity index (χ0) is 17.7. The lowest BCUT2D eigenvalue weighted by atomic mass is 9.74. The van der Waals surface area contributed by atoms with E-state index in [1.54, 1.807) is 11.3 Å². The van der Waals surface area contributed by atoms with Crippen molar-refractivity contribution in [3.63, 3.8) is 0 Å². The summed E-state index contributed by atoms with van der Waals surface area (Å²) >= 11 is 6.16. The normalized spacial score (nSPS) is 35.5. The lowest BCUT2D eigenvalue weighted by molar-refractivity contribution is 0.319. The van der Waals surface area contributed by atoms with Crippen LogP contribution in [-0.2, 0) is 0 Å². The summed E-state index contributed by atoms with van der Waals surface area (Å²) in [5, 5.41) is 0.925. The van der Waals surface area contributed by atoms with Crippen LogP contribution in [0.2, 0.25) is 0 Å². The van der Waals surface area contributed by atoms with Gasteiger partial charge in [0.25, 0.3) is 0 Å². The van der Waals surface area contributed by atoms with Gasteiger partial charge in [-0.1, -0.05) is 35.9 Å². The van der Waals surface area contributed by atoms with Crippen LogP contribution in [0, 0.1) is 17.8 Å². The molecule has 1 fully saturated rings. The number of aliphatic imine (C=N–C) groups is 1. The summed E-state index contributed by atoms with van der Waals surface area (Å²) < 4.78 is 0. The standard InChI is InChI=1S/C23H27ClN2/c1-15(24)6-7-16-8-11-19-20-14-25-13-12-22(20)26-21-5-3-2-4-17(21)9-10-18(16)23(19)26/h2,4,6,9,12-13,16,19-21H,3,5,7-8,10-11,14H2,1H3/t16?,19-,20-,21?/m1/s1. The third-order valence-electron chi connectivity index (χ3n) is 6.91. The van der Waals surface area contributed by atoms with Crippen molar-refractivity contribution < 1.29 is 0 Å². The van der Waals surface area contributed by atoms with Crippen LogP contribution in [0.5, 0.6) is 0 Å². The average Bonchev–Trinajstić information content (AvgIpc) is 2.88. The zero-order valence-corrected chi connectivity index (χ0v) is 16.3. The fourth-order valence-corrected chi connectivity index (χ4v) is 5.85. The number of dihydropyridines is 1. The quantitative estimate of drug-likeness (QED) is 0.607. The summed E-state index contributed by atoms with van der Waals surface area (Å²) in [6, 6.07) is 0.529. The van der Waals surface area contributed by atoms with Crippen molar-refractivity contribution in [3.8, 4) is 0 Å². The van der Waals surface area contributed by atoms with Gasteiger partial charge in [-0.3, -0.25) is 4.99 Å². The molecule has 136 valence electrons. The molecule has 26 heavy (non-hydrogen) atoms. The Hall–Kier alpha value is -1.54. The van der Waals surface area contributed by atoms with Gasteiger partial charge < -0.3 is 4.90 Å². The van der Waals surface area contributed by atoms with Gasteiger partial charge in [0.05, 0.1) is 6.04 Å². The van der Waals surface area contributed by atoms with Gasteiger partial charge >= 0.3 is 0 Å². The van der Waals surface area contributed by atoms with E-state index in [0.717, 1.165) is 24.4 Å². The molecule has 2 aliphatic carbocycles. The van der Waals surface area contributed by atoms with Crippen LogP contribution >= 0.6 is 11.6 Å². The first-order chi connectivity index (χ1) is 12.7. The number of halogens is 1. The number of nitrogens with zero attached hydrogens (tertiary/aromatic N) is 2. The van der Waals surface area contributed by atoms with Gasteiger partial charge in [-0.25, -0.2) is 0 Å². The van der Waals surface area contributed by atoms with Crippen molar-refractivity contribution in [1.29, 1.82) is 0 Å². The Labute approximate surface area is 161 Å². The van der Waals surface area contributed by atoms with Gasteiger partial charge in [0.2, 0.25) is 0 Å². The highest BCUT2D eigenvalue weighted by molar-refractivity contribution is 6.29. The predicted octanol–water partition coefficient (Wildman–Crippen LogP) is 5.75. The average molecular weight is 367 g/mol. The topological polar surface area (TPSA) is 15.6 Å². The van der Waals surface area contributed by atoms with E-state index in [1.807, 2.05) is 13.1 Å². The van der Waals surface area contributed by atoms with Crippen molar-refractivity contribution >= 4 is 17.8 Å². The minimum absolute atomic E-state index is 0.529. The summed E-state index contributed by atoms with van der Waals surface area (Å²) in [5.74, 6) is 1.91. The Bertz CT molecular complexity index is 791. The maximum Gasteiger partial charge on any atom is 0.0585 e. The molecule has 1 saturated heterocycles. The molecule has 0 spiro atoms. The molecule has 3 heteroatoms. The number of hydrogen-bond donors (Lipinski definition) is 0. The van der Waals surface area contributed by atoms with E-state index in [4.69, 9.17) is 11.6 Å². The predicted molar refractivity (Wildman–Crippen MR) is 109 cm³/mol. The van der Waals surface area contributed by atoms with Crippen LogP contribution in [0.3, 0.4) is 0 Å². The largest absolute Gasteiger partial charge is 0.341 e. The van der Waals surface area contributed by atoms with E-state index >= 15 is 0 Å². The van der Waals surface area contributed by atoms with Gasteiger partial charge in [0.15, 0.2) is 0 Å². The van der Waals surface area contributed by atoms with E-state index in [9.17, 15) is 0 Å². The molecule has 0 aromatic carbocycles. The number of fused-ring (bicyclic) bond motifs is 5. The van der Waals surface area contributed by atoms with Crippen LogP contribution in [0.25, 0.3) is 0 Å². The van der Waals surface area contributed by atoms with Gasteiger partial charge in [0, 0.05) is 41.0 Å². The number of hydrogen-bond acceptors (Lipinski definition) is 2. The second-order valence-corrected chi connectivity index (χ2v) is 8.90. The molecule has 2 nitrogen and oxygen atoms in total. The van der Waals surface area contributed by atoms with Crippen molar-refractivity contribution in [2.24, 2.45) is 22.7 Å². The van der Waals surface area contributed by atoms with Crippen LogP contribution < -0.4 is 0 Å². The Morgan fingerprint density at radius 1 is 1.31 bits per heavy atom. The van der Waals surface area contributed by atoms with Crippen LogP contribution in [0.15, 0.2) is 62.9 Å². The maximum absolute atomic E-state index is 6.16. The zero-order valence-electron chi connectivity index (χ0n) is 15.5. The first kappa shape index (κ1) is 16.6. The first-order valence-corrected chi connectivity index (χ1v) is 10.5. The lowest BCUT2D eigenvalue weighted by Gasteiger charge is -2.37. The second kappa shape index (κ2) is 6.56. The Morgan fingerprint density at radius 3 is 3.12 bits per heavy atom. The van der Waals surface area contributed by atoms with Crippen LogP contribution in [-0.4, -0.2) is 23.7 Å². The molecule has 0 aromatic heterocycles. The molecule has 3 aliphatic heterocycles. The van der Waals surface area contributed by atoms with Crippen molar-refractivity contribution in [1.82, 2.24) is 4.90 Å². The molecule has 3 heterocycles. The second-order valence-electron chi connectivity index (χ2n) is 8.30. The Morgan fingerprint density at radius 2 is 2.23 bits per heavy atom. The minimum atomic E-state index is 0.529. The molecular formula is C23H27ClN2. The molecule has 0 aromatic rings. The van der Waals surface area contributed by atoms with Gasteiger partial charge in [0.1, 0.15) is 0 Å². The Kier molecular flexibility index (Phi) is 4.20. The summed E-state index contributed by atoms with van der Waals surface area (Å²) in [5.41, 5.74) is 6.41. The number of rotatable bonds is 2. The molecule has 2 unspecified atom stereocenters. The molecular weight excluding hydrogens is 340 g/mol. The van der Waals surface area contributed by atoms with Gasteiger partial charge in [-0.2, -0.15) is 0 Å². The van der Waals surface area contributed by atoms with Gasteiger partial charge in [-0.15, -0.1) is 0 Å². The van der Waals surface area contributed by atoms with E-state index in [0.29, 0.717) is 23.8 Å². The minimum Gasteiger partial charge on any atom is -0.341 e. The van der Waals surface area contributed by atoms with Crippen molar-refractivity contribution in [3.05, 3.63) is 58.0 Å². The lowest BCUT2D eigenvalue weighted by Crippen LogP contribution is -2.34. The molecule has 0 saturated carbocycles. The van der Waals surface area contributed by atoms with E-state index in [2.05, 4.69) is 40.3 Å². The molecule has 5 aliphatic rings. The van der Waals surface area contributed by atoms with Crippen molar-refractivity contribution in [2.75, 3.05) is 6.54 Å². The fourth-order valence-electron chi connectivity index (χ4n) is 5.76. The third kappa shape index (κ3) is 2.57. The fraction of sp³-hybridized carbons (Fsp3) is 0.522. The maximum atomic E-state index is 6.16. The van der Waals surface area contributed by atoms with E-state index in [-0.39, 0.29) is 0 Å². The first-order valence-electron chi connectivity index (χ1n) is 10.1. The summed E-state index contributed by atoms with van der Waals surface area (Å²) in [7, 11) is 0. The molecule has 0 bridgehead atoms.